The molecule has 5 rings (SSSR count). The van der Waals surface area contributed by atoms with Gasteiger partial charge in [-0.1, -0.05) is 0 Å². The Kier molecular flexibility index (Phi) is 5.95. The van der Waals surface area contributed by atoms with Crippen LogP contribution in [0.25, 0.3) is 22.2 Å². The number of halogens is 4. The summed E-state index contributed by atoms with van der Waals surface area (Å²) >= 11 is 0. The molecule has 9 nitrogen and oxygen atoms in total. The molecule has 1 fully saturated rings. The molecular weight excluding hydrogens is 518 g/mol. The number of rotatable bonds is 7. The Morgan fingerprint density at radius 2 is 1.84 bits per heavy atom. The Labute approximate surface area is 207 Å². The highest BCUT2D eigenvalue weighted by Gasteiger charge is 2.53. The van der Waals surface area contributed by atoms with Gasteiger partial charge in [0.15, 0.2) is 0 Å². The summed E-state index contributed by atoms with van der Waals surface area (Å²) in [5.41, 5.74) is -1.28. The van der Waals surface area contributed by atoms with Gasteiger partial charge in [0.25, 0.3) is 10.0 Å². The number of carbonyl (C=O) groups is 1. The van der Waals surface area contributed by atoms with Crippen LogP contribution >= 0.6 is 0 Å². The molecule has 0 saturated heterocycles. The molecule has 0 spiro atoms. The van der Waals surface area contributed by atoms with Crippen molar-refractivity contribution in [3.8, 4) is 11.3 Å². The average molecular weight is 535 g/mol. The first kappa shape index (κ1) is 24.8. The van der Waals surface area contributed by atoms with Gasteiger partial charge < -0.3 is 9.73 Å². The van der Waals surface area contributed by atoms with E-state index >= 15 is 0 Å². The van der Waals surface area contributed by atoms with Gasteiger partial charge in [-0.05, 0) is 49.2 Å². The Balaban J connectivity index is 1.26. The lowest BCUT2D eigenvalue weighted by molar-refractivity contribution is -0.141. The second-order valence-electron chi connectivity index (χ2n) is 8.44. The summed E-state index contributed by atoms with van der Waals surface area (Å²) < 4.78 is 85.0. The van der Waals surface area contributed by atoms with Crippen molar-refractivity contribution in [1.29, 1.82) is 0 Å². The van der Waals surface area contributed by atoms with Crippen LogP contribution < -0.4 is 10.0 Å². The van der Waals surface area contributed by atoms with Gasteiger partial charge in [0.05, 0.1) is 17.9 Å². The SMILES string of the molecule is O=C(NCc1cc(-c2ccc(C(F)(F)F)nc2)ncn1)C1(NS(=O)(=O)c2cc3cc(F)ccc3o2)CC1. The molecule has 0 aliphatic heterocycles. The first-order chi connectivity index (χ1) is 17.5. The fourth-order valence-electron chi connectivity index (χ4n) is 3.64. The van der Waals surface area contributed by atoms with Crippen molar-refractivity contribution in [3.63, 3.8) is 0 Å². The Morgan fingerprint density at radius 3 is 2.51 bits per heavy atom. The maximum atomic E-state index is 13.4. The van der Waals surface area contributed by atoms with E-state index in [2.05, 4.69) is 25.0 Å². The molecule has 1 aliphatic carbocycles. The topological polar surface area (TPSA) is 127 Å². The highest BCUT2D eigenvalue weighted by atomic mass is 32.2. The second-order valence-corrected chi connectivity index (χ2v) is 10.1. The number of pyridine rings is 1. The molecule has 1 amide bonds. The van der Waals surface area contributed by atoms with E-state index in [4.69, 9.17) is 4.42 Å². The number of benzene rings is 1. The van der Waals surface area contributed by atoms with Gasteiger partial charge in [-0.25, -0.2) is 22.8 Å². The largest absolute Gasteiger partial charge is 0.443 e. The van der Waals surface area contributed by atoms with Crippen LogP contribution in [-0.2, 0) is 27.5 Å². The predicted octanol–water partition coefficient (Wildman–Crippen LogP) is 3.57. The number of nitrogens with one attached hydrogen (secondary N) is 2. The van der Waals surface area contributed by atoms with Crippen molar-refractivity contribution in [1.82, 2.24) is 25.0 Å². The van der Waals surface area contributed by atoms with Crippen molar-refractivity contribution in [3.05, 3.63) is 72.2 Å². The third kappa shape index (κ3) is 5.15. The van der Waals surface area contributed by atoms with E-state index in [1.807, 2.05) is 0 Å². The van der Waals surface area contributed by atoms with Crippen LogP contribution in [-0.4, -0.2) is 34.8 Å². The molecule has 0 unspecified atom stereocenters. The molecule has 3 heterocycles. The molecular formula is C23H17F4N5O4S. The van der Waals surface area contributed by atoms with Gasteiger partial charge in [-0.2, -0.15) is 17.9 Å². The van der Waals surface area contributed by atoms with Gasteiger partial charge in [0.2, 0.25) is 11.0 Å². The maximum absolute atomic E-state index is 13.4. The summed E-state index contributed by atoms with van der Waals surface area (Å²) in [7, 11) is -4.23. The Morgan fingerprint density at radius 1 is 1.05 bits per heavy atom. The number of hydrogen-bond donors (Lipinski definition) is 2. The highest BCUT2D eigenvalue weighted by molar-refractivity contribution is 7.89. The normalized spacial score (nSPS) is 15.0. The monoisotopic (exact) mass is 535 g/mol. The fraction of sp³-hybridized carbons (Fsp3) is 0.217. The molecule has 4 aromatic rings. The van der Waals surface area contributed by atoms with E-state index in [0.29, 0.717) is 17.0 Å². The Bertz CT molecular complexity index is 1600. The summed E-state index contributed by atoms with van der Waals surface area (Å²) in [6, 6.07) is 8.28. The van der Waals surface area contributed by atoms with Gasteiger partial charge in [0.1, 0.15) is 29.0 Å². The Hall–Kier alpha value is -3.91. The maximum Gasteiger partial charge on any atom is 0.433 e. The molecule has 0 bridgehead atoms. The molecule has 1 aliphatic rings. The van der Waals surface area contributed by atoms with E-state index in [-0.39, 0.29) is 30.4 Å². The number of hydrogen-bond acceptors (Lipinski definition) is 7. The fourth-order valence-corrected chi connectivity index (χ4v) is 5.03. The smallest absolute Gasteiger partial charge is 0.433 e. The third-order valence-corrected chi connectivity index (χ3v) is 7.13. The molecule has 0 radical (unpaired) electrons. The lowest BCUT2D eigenvalue weighted by atomic mass is 10.1. The van der Waals surface area contributed by atoms with Crippen LogP contribution in [0.4, 0.5) is 17.6 Å². The zero-order chi connectivity index (χ0) is 26.4. The van der Waals surface area contributed by atoms with E-state index in [0.717, 1.165) is 24.4 Å². The van der Waals surface area contributed by atoms with Crippen molar-refractivity contribution >= 4 is 26.9 Å². The minimum absolute atomic E-state index is 0.0875. The number of alkyl halides is 3. The summed E-state index contributed by atoms with van der Waals surface area (Å²) in [5, 5.41) is 2.43. The zero-order valence-electron chi connectivity index (χ0n) is 18.7. The van der Waals surface area contributed by atoms with Crippen LogP contribution in [0.15, 0.2) is 64.5 Å². The quantitative estimate of drug-likeness (QED) is 0.347. The van der Waals surface area contributed by atoms with E-state index in [9.17, 15) is 30.8 Å². The van der Waals surface area contributed by atoms with Crippen LogP contribution in [0, 0.1) is 5.82 Å². The van der Waals surface area contributed by atoms with E-state index in [1.165, 1.54) is 30.6 Å². The first-order valence-corrected chi connectivity index (χ1v) is 12.3. The van der Waals surface area contributed by atoms with Crippen molar-refractivity contribution < 1.29 is 35.2 Å². The van der Waals surface area contributed by atoms with Crippen LogP contribution in [0.2, 0.25) is 0 Å². The van der Waals surface area contributed by atoms with E-state index < -0.39 is 44.2 Å². The summed E-state index contributed by atoms with van der Waals surface area (Å²) in [4.78, 5) is 24.3. The zero-order valence-corrected chi connectivity index (χ0v) is 19.5. The standard InChI is InChI=1S/C23H17F4N5O4S/c24-15-2-3-18-14(7-15)8-20(36-18)37(34,35)32-22(5-6-22)21(33)29-11-16-9-17(31-12-30-16)13-1-4-19(28-10-13)23(25,26)27/h1-4,7-10,12,32H,5-6,11H2,(H,29,33). The molecule has 192 valence electrons. The minimum atomic E-state index is -4.57. The molecule has 3 aromatic heterocycles. The number of nitrogens with zero attached hydrogens (tertiary/aromatic N) is 3. The van der Waals surface area contributed by atoms with Crippen molar-refractivity contribution in [2.24, 2.45) is 0 Å². The average Bonchev–Trinajstić information content (AvgIpc) is 3.49. The number of furan rings is 1. The molecule has 14 heteroatoms. The van der Waals surface area contributed by atoms with Gasteiger partial charge in [-0.15, -0.1) is 0 Å². The second kappa shape index (κ2) is 8.88. The van der Waals surface area contributed by atoms with Gasteiger partial charge >= 0.3 is 6.18 Å². The third-order valence-electron chi connectivity index (χ3n) is 5.74. The number of aromatic nitrogens is 3. The predicted molar refractivity (Wildman–Crippen MR) is 121 cm³/mol. The van der Waals surface area contributed by atoms with Crippen LogP contribution in [0.5, 0.6) is 0 Å². The molecule has 2 N–H and O–H groups in total. The molecule has 1 aromatic carbocycles. The summed E-state index contributed by atoms with van der Waals surface area (Å²) in [6.07, 6.45) is -1.84. The van der Waals surface area contributed by atoms with Crippen molar-refractivity contribution in [2.75, 3.05) is 0 Å². The number of sulfonamides is 1. The molecule has 0 atom stereocenters. The van der Waals surface area contributed by atoms with Crippen molar-refractivity contribution in [2.45, 2.75) is 36.2 Å². The number of fused-ring (bicyclic) bond motifs is 1. The van der Waals surface area contributed by atoms with Gasteiger partial charge in [-0.3, -0.25) is 9.78 Å². The van der Waals surface area contributed by atoms with Crippen LogP contribution in [0.1, 0.15) is 24.2 Å². The summed E-state index contributed by atoms with van der Waals surface area (Å²) in [5.74, 6) is -1.14. The van der Waals surface area contributed by atoms with Crippen LogP contribution in [0.3, 0.4) is 0 Å². The van der Waals surface area contributed by atoms with Gasteiger partial charge in [0, 0.05) is 23.2 Å². The first-order valence-electron chi connectivity index (χ1n) is 10.8. The minimum Gasteiger partial charge on any atom is -0.443 e. The summed E-state index contributed by atoms with van der Waals surface area (Å²) in [6.45, 7) is -0.0875. The lowest BCUT2D eigenvalue weighted by Crippen LogP contribution is -2.48. The van der Waals surface area contributed by atoms with E-state index in [1.54, 1.807) is 0 Å². The highest BCUT2D eigenvalue weighted by Crippen LogP contribution is 2.38. The molecule has 37 heavy (non-hydrogen) atoms. The lowest BCUT2D eigenvalue weighted by Gasteiger charge is -2.16. The molecule has 1 saturated carbocycles. The number of amides is 1. The number of carbonyl (C=O) groups excluding carboxylic acids is 1.